The quantitative estimate of drug-likeness (QED) is 0.891. The SMILES string of the molecule is N#Cc1cccc(Cl)c1N1CCN(C2(C(N)=O)CCOC2)CC1. The molecule has 23 heavy (non-hydrogen) atoms. The molecule has 2 aliphatic heterocycles. The highest BCUT2D eigenvalue weighted by Gasteiger charge is 2.46. The Bertz CT molecular complexity index is 644. The number of halogens is 1. The first-order chi connectivity index (χ1) is 11.1. The second kappa shape index (κ2) is 6.36. The molecule has 2 saturated heterocycles. The summed E-state index contributed by atoms with van der Waals surface area (Å²) in [5.41, 5.74) is 6.29. The predicted octanol–water partition coefficient (Wildman–Crippen LogP) is 0.978. The van der Waals surface area contributed by atoms with E-state index in [0.29, 0.717) is 56.4 Å². The first-order valence-electron chi connectivity index (χ1n) is 7.65. The zero-order valence-electron chi connectivity index (χ0n) is 12.8. The number of rotatable bonds is 3. The first kappa shape index (κ1) is 16.1. The van der Waals surface area contributed by atoms with Crippen LogP contribution in [0.4, 0.5) is 5.69 Å². The third kappa shape index (κ3) is 2.76. The summed E-state index contributed by atoms with van der Waals surface area (Å²) < 4.78 is 5.42. The van der Waals surface area contributed by atoms with Gasteiger partial charge in [0, 0.05) is 39.2 Å². The third-order valence-electron chi connectivity index (χ3n) is 4.77. The predicted molar refractivity (Wildman–Crippen MR) is 87.3 cm³/mol. The van der Waals surface area contributed by atoms with E-state index < -0.39 is 5.54 Å². The average Bonchev–Trinajstić information content (AvgIpc) is 3.06. The van der Waals surface area contributed by atoms with Gasteiger partial charge < -0.3 is 15.4 Å². The van der Waals surface area contributed by atoms with Crippen LogP contribution in [0, 0.1) is 11.3 Å². The molecule has 0 bridgehead atoms. The Balaban J connectivity index is 1.77. The van der Waals surface area contributed by atoms with Crippen LogP contribution in [0.25, 0.3) is 0 Å². The van der Waals surface area contributed by atoms with E-state index >= 15 is 0 Å². The monoisotopic (exact) mass is 334 g/mol. The number of nitrogens with zero attached hydrogens (tertiary/aromatic N) is 3. The van der Waals surface area contributed by atoms with Crippen LogP contribution in [0.15, 0.2) is 18.2 Å². The van der Waals surface area contributed by atoms with Gasteiger partial charge in [-0.3, -0.25) is 9.69 Å². The van der Waals surface area contributed by atoms with Crippen molar-refractivity contribution in [1.29, 1.82) is 5.26 Å². The van der Waals surface area contributed by atoms with Crippen molar-refractivity contribution in [3.8, 4) is 6.07 Å². The Morgan fingerprint density at radius 3 is 2.65 bits per heavy atom. The van der Waals surface area contributed by atoms with Crippen LogP contribution < -0.4 is 10.6 Å². The second-order valence-corrected chi connectivity index (χ2v) is 6.33. The van der Waals surface area contributed by atoms with Crippen molar-refractivity contribution in [2.24, 2.45) is 5.73 Å². The molecule has 7 heteroatoms. The fourth-order valence-corrected chi connectivity index (χ4v) is 3.73. The minimum Gasteiger partial charge on any atom is -0.379 e. The summed E-state index contributed by atoms with van der Waals surface area (Å²) >= 11 is 6.28. The molecule has 0 aromatic heterocycles. The van der Waals surface area contributed by atoms with Crippen molar-refractivity contribution < 1.29 is 9.53 Å². The fourth-order valence-electron chi connectivity index (χ4n) is 3.44. The summed E-state index contributed by atoms with van der Waals surface area (Å²) in [6.07, 6.45) is 0.637. The summed E-state index contributed by atoms with van der Waals surface area (Å²) in [6.45, 7) is 3.66. The van der Waals surface area contributed by atoms with Gasteiger partial charge in [0.1, 0.15) is 11.6 Å². The van der Waals surface area contributed by atoms with Crippen LogP contribution >= 0.6 is 11.6 Å². The fraction of sp³-hybridized carbons (Fsp3) is 0.500. The molecular formula is C16H19ClN4O2. The lowest BCUT2D eigenvalue weighted by Crippen LogP contribution is -2.63. The molecule has 1 amide bonds. The largest absolute Gasteiger partial charge is 0.379 e. The number of nitriles is 1. The number of hydrogen-bond donors (Lipinski definition) is 1. The molecule has 1 aromatic rings. The highest BCUT2D eigenvalue weighted by molar-refractivity contribution is 6.33. The molecule has 2 fully saturated rings. The third-order valence-corrected chi connectivity index (χ3v) is 5.07. The Labute approximate surface area is 140 Å². The topological polar surface area (TPSA) is 82.6 Å². The van der Waals surface area contributed by atoms with Crippen molar-refractivity contribution >= 4 is 23.2 Å². The van der Waals surface area contributed by atoms with Gasteiger partial charge in [-0.05, 0) is 12.1 Å². The smallest absolute Gasteiger partial charge is 0.240 e. The number of amides is 1. The number of ether oxygens (including phenoxy) is 1. The van der Waals surface area contributed by atoms with Gasteiger partial charge in [0.2, 0.25) is 5.91 Å². The maximum Gasteiger partial charge on any atom is 0.240 e. The van der Waals surface area contributed by atoms with Gasteiger partial charge in [-0.2, -0.15) is 5.26 Å². The van der Waals surface area contributed by atoms with E-state index in [1.54, 1.807) is 18.2 Å². The highest BCUT2D eigenvalue weighted by Crippen LogP contribution is 2.32. The summed E-state index contributed by atoms with van der Waals surface area (Å²) in [6, 6.07) is 7.53. The molecule has 2 heterocycles. The lowest BCUT2D eigenvalue weighted by atomic mass is 9.94. The van der Waals surface area contributed by atoms with Crippen molar-refractivity contribution in [2.45, 2.75) is 12.0 Å². The first-order valence-corrected chi connectivity index (χ1v) is 8.02. The molecule has 1 aromatic carbocycles. The lowest BCUT2D eigenvalue weighted by Gasteiger charge is -2.44. The van der Waals surface area contributed by atoms with E-state index in [1.807, 2.05) is 0 Å². The van der Waals surface area contributed by atoms with Crippen LogP contribution in [0.3, 0.4) is 0 Å². The van der Waals surface area contributed by atoms with Crippen LogP contribution in [-0.2, 0) is 9.53 Å². The van der Waals surface area contributed by atoms with Crippen molar-refractivity contribution in [3.05, 3.63) is 28.8 Å². The van der Waals surface area contributed by atoms with Gasteiger partial charge in [0.15, 0.2) is 0 Å². The van der Waals surface area contributed by atoms with E-state index in [9.17, 15) is 10.1 Å². The zero-order valence-corrected chi connectivity index (χ0v) is 13.6. The molecule has 2 N–H and O–H groups in total. The van der Waals surface area contributed by atoms with E-state index in [1.165, 1.54) is 0 Å². The van der Waals surface area contributed by atoms with Crippen LogP contribution in [0.5, 0.6) is 0 Å². The number of nitrogens with two attached hydrogens (primary N) is 1. The van der Waals surface area contributed by atoms with Crippen molar-refractivity contribution in [2.75, 3.05) is 44.3 Å². The highest BCUT2D eigenvalue weighted by atomic mass is 35.5. The lowest BCUT2D eigenvalue weighted by molar-refractivity contribution is -0.130. The van der Waals surface area contributed by atoms with Gasteiger partial charge in [-0.25, -0.2) is 0 Å². The van der Waals surface area contributed by atoms with Crippen LogP contribution in [-0.4, -0.2) is 55.7 Å². The van der Waals surface area contributed by atoms with E-state index in [0.717, 1.165) is 5.69 Å². The number of primary amides is 1. The maximum absolute atomic E-state index is 12.0. The van der Waals surface area contributed by atoms with Gasteiger partial charge in [0.05, 0.1) is 22.9 Å². The van der Waals surface area contributed by atoms with E-state index in [4.69, 9.17) is 22.1 Å². The van der Waals surface area contributed by atoms with Crippen molar-refractivity contribution in [1.82, 2.24) is 4.90 Å². The molecule has 2 aliphatic rings. The Morgan fingerprint density at radius 1 is 1.35 bits per heavy atom. The molecular weight excluding hydrogens is 316 g/mol. The summed E-state index contributed by atoms with van der Waals surface area (Å²) in [5.74, 6) is -0.320. The van der Waals surface area contributed by atoms with Crippen molar-refractivity contribution in [3.63, 3.8) is 0 Å². The molecule has 0 radical (unpaired) electrons. The van der Waals surface area contributed by atoms with Crippen LogP contribution in [0.1, 0.15) is 12.0 Å². The van der Waals surface area contributed by atoms with Gasteiger partial charge in [0.25, 0.3) is 0 Å². The second-order valence-electron chi connectivity index (χ2n) is 5.92. The van der Waals surface area contributed by atoms with Gasteiger partial charge in [-0.15, -0.1) is 0 Å². The van der Waals surface area contributed by atoms with Gasteiger partial charge >= 0.3 is 0 Å². The maximum atomic E-state index is 12.0. The molecule has 122 valence electrons. The Kier molecular flexibility index (Phi) is 4.44. The molecule has 1 atom stereocenters. The van der Waals surface area contributed by atoms with Gasteiger partial charge in [-0.1, -0.05) is 17.7 Å². The number of para-hydroxylation sites is 1. The number of piperazine rings is 1. The summed E-state index contributed by atoms with van der Waals surface area (Å²) in [7, 11) is 0. The molecule has 0 saturated carbocycles. The molecule has 0 aliphatic carbocycles. The summed E-state index contributed by atoms with van der Waals surface area (Å²) in [4.78, 5) is 16.2. The standard InChI is InChI=1S/C16H19ClN4O2/c17-13-3-1-2-12(10-18)14(13)20-5-7-21(8-6-20)16(15(19)22)4-9-23-11-16/h1-3H,4-9,11H2,(H2,19,22). The number of carbonyl (C=O) groups is 1. The number of hydrogen-bond acceptors (Lipinski definition) is 5. The molecule has 1 unspecified atom stereocenters. The average molecular weight is 335 g/mol. The molecule has 3 rings (SSSR count). The molecule has 0 spiro atoms. The number of anilines is 1. The van der Waals surface area contributed by atoms with E-state index in [2.05, 4.69) is 15.9 Å². The number of carbonyl (C=O) groups excluding carboxylic acids is 1. The minimum absolute atomic E-state index is 0.320. The number of benzene rings is 1. The summed E-state index contributed by atoms with van der Waals surface area (Å²) in [5, 5.41) is 9.86. The normalized spacial score (nSPS) is 25.3. The van der Waals surface area contributed by atoms with Crippen LogP contribution in [0.2, 0.25) is 5.02 Å². The van der Waals surface area contributed by atoms with E-state index in [-0.39, 0.29) is 5.91 Å². The zero-order chi connectivity index (χ0) is 16.4. The minimum atomic E-state index is -0.690. The Hall–Kier alpha value is -1.81. The Morgan fingerprint density at radius 2 is 2.09 bits per heavy atom. The molecule has 6 nitrogen and oxygen atoms in total.